The van der Waals surface area contributed by atoms with E-state index in [0.29, 0.717) is 5.92 Å². The second-order valence-corrected chi connectivity index (χ2v) is 3.95. The first-order valence-electron chi connectivity index (χ1n) is 5.03. The Balaban J connectivity index is 3.30. The summed E-state index contributed by atoms with van der Waals surface area (Å²) in [4.78, 5) is 4.57. The standard InChI is InChI=1S/C12H19N/c1-6-11-12(8(2)3)9(4)7-10(5)13-11/h7-8H,6H2,1-5H3. The number of aromatic nitrogens is 1. The smallest absolute Gasteiger partial charge is 0.0441 e. The van der Waals surface area contributed by atoms with Gasteiger partial charge in [-0.05, 0) is 43.4 Å². The summed E-state index contributed by atoms with van der Waals surface area (Å²) in [7, 11) is 0. The van der Waals surface area contributed by atoms with Gasteiger partial charge in [-0.1, -0.05) is 20.8 Å². The van der Waals surface area contributed by atoms with Crippen molar-refractivity contribution in [1.82, 2.24) is 4.98 Å². The number of hydrogen-bond donors (Lipinski definition) is 0. The highest BCUT2D eigenvalue weighted by Gasteiger charge is 2.10. The quantitative estimate of drug-likeness (QED) is 0.674. The van der Waals surface area contributed by atoms with Crippen molar-refractivity contribution in [3.63, 3.8) is 0 Å². The van der Waals surface area contributed by atoms with Gasteiger partial charge in [-0.2, -0.15) is 0 Å². The number of nitrogens with zero attached hydrogens (tertiary/aromatic N) is 1. The molecule has 1 nitrogen and oxygen atoms in total. The van der Waals surface area contributed by atoms with E-state index < -0.39 is 0 Å². The largest absolute Gasteiger partial charge is 0.258 e. The van der Waals surface area contributed by atoms with Gasteiger partial charge in [-0.3, -0.25) is 4.98 Å². The van der Waals surface area contributed by atoms with Crippen LogP contribution >= 0.6 is 0 Å². The van der Waals surface area contributed by atoms with Crippen molar-refractivity contribution >= 4 is 0 Å². The summed E-state index contributed by atoms with van der Waals surface area (Å²) in [5, 5.41) is 0. The van der Waals surface area contributed by atoms with Crippen LogP contribution in [-0.4, -0.2) is 4.98 Å². The molecule has 1 heterocycles. The van der Waals surface area contributed by atoms with Crippen LogP contribution in [0.15, 0.2) is 6.07 Å². The molecule has 1 rings (SSSR count). The van der Waals surface area contributed by atoms with Crippen LogP contribution in [0.1, 0.15) is 49.2 Å². The summed E-state index contributed by atoms with van der Waals surface area (Å²) >= 11 is 0. The number of hydrogen-bond acceptors (Lipinski definition) is 1. The molecule has 0 aliphatic carbocycles. The zero-order chi connectivity index (χ0) is 10.0. The van der Waals surface area contributed by atoms with Gasteiger partial charge in [0.15, 0.2) is 0 Å². The molecule has 0 aromatic carbocycles. The Hall–Kier alpha value is -0.850. The molecule has 0 radical (unpaired) electrons. The Bertz CT molecular complexity index is 300. The molecule has 0 fully saturated rings. The van der Waals surface area contributed by atoms with Crippen molar-refractivity contribution in [2.75, 3.05) is 0 Å². The van der Waals surface area contributed by atoms with Crippen molar-refractivity contribution in [1.29, 1.82) is 0 Å². The van der Waals surface area contributed by atoms with E-state index in [1.807, 2.05) is 0 Å². The van der Waals surface area contributed by atoms with Gasteiger partial charge in [0.1, 0.15) is 0 Å². The van der Waals surface area contributed by atoms with Crippen molar-refractivity contribution < 1.29 is 0 Å². The summed E-state index contributed by atoms with van der Waals surface area (Å²) in [5.41, 5.74) is 5.23. The summed E-state index contributed by atoms with van der Waals surface area (Å²) in [6.07, 6.45) is 1.04. The van der Waals surface area contributed by atoms with E-state index >= 15 is 0 Å². The van der Waals surface area contributed by atoms with Gasteiger partial charge in [-0.15, -0.1) is 0 Å². The van der Waals surface area contributed by atoms with E-state index in [2.05, 4.69) is 45.7 Å². The lowest BCUT2D eigenvalue weighted by molar-refractivity contribution is 0.808. The molecule has 0 spiro atoms. The van der Waals surface area contributed by atoms with Crippen molar-refractivity contribution in [2.24, 2.45) is 0 Å². The molecule has 0 amide bonds. The Labute approximate surface area is 81.2 Å². The minimum Gasteiger partial charge on any atom is -0.258 e. The Kier molecular flexibility index (Phi) is 3.07. The lowest BCUT2D eigenvalue weighted by Gasteiger charge is -2.14. The Morgan fingerprint density at radius 3 is 2.38 bits per heavy atom. The van der Waals surface area contributed by atoms with Crippen LogP contribution in [0, 0.1) is 13.8 Å². The second-order valence-electron chi connectivity index (χ2n) is 3.95. The van der Waals surface area contributed by atoms with Crippen LogP contribution < -0.4 is 0 Å². The van der Waals surface area contributed by atoms with Gasteiger partial charge in [0, 0.05) is 11.4 Å². The molecule has 0 atom stereocenters. The fourth-order valence-electron chi connectivity index (χ4n) is 1.98. The first-order valence-corrected chi connectivity index (χ1v) is 5.03. The average molecular weight is 177 g/mol. The number of aryl methyl sites for hydroxylation is 3. The highest BCUT2D eigenvalue weighted by molar-refractivity contribution is 5.34. The fraction of sp³-hybridized carbons (Fsp3) is 0.583. The molecule has 0 N–H and O–H groups in total. The van der Waals surface area contributed by atoms with Crippen molar-refractivity contribution in [2.45, 2.75) is 47.0 Å². The van der Waals surface area contributed by atoms with Crippen LogP contribution in [0.3, 0.4) is 0 Å². The van der Waals surface area contributed by atoms with Gasteiger partial charge in [0.25, 0.3) is 0 Å². The predicted octanol–water partition coefficient (Wildman–Crippen LogP) is 3.38. The summed E-state index contributed by atoms with van der Waals surface area (Å²) in [6, 6.07) is 2.18. The molecule has 0 saturated heterocycles. The van der Waals surface area contributed by atoms with E-state index in [1.165, 1.54) is 16.8 Å². The number of pyridine rings is 1. The lowest BCUT2D eigenvalue weighted by Crippen LogP contribution is -2.03. The topological polar surface area (TPSA) is 12.9 Å². The third-order valence-electron chi connectivity index (χ3n) is 2.38. The Morgan fingerprint density at radius 2 is 1.92 bits per heavy atom. The molecular formula is C12H19N. The first-order chi connectivity index (χ1) is 6.06. The predicted molar refractivity (Wildman–Crippen MR) is 57.2 cm³/mol. The van der Waals surface area contributed by atoms with E-state index in [9.17, 15) is 0 Å². The third-order valence-corrected chi connectivity index (χ3v) is 2.38. The lowest BCUT2D eigenvalue weighted by atomic mass is 9.95. The molecule has 1 heteroatoms. The highest BCUT2D eigenvalue weighted by Crippen LogP contribution is 2.23. The normalized spacial score (nSPS) is 10.9. The summed E-state index contributed by atoms with van der Waals surface area (Å²) in [5.74, 6) is 0.586. The third kappa shape index (κ3) is 2.09. The SMILES string of the molecule is CCc1nc(C)cc(C)c1C(C)C. The van der Waals surface area contributed by atoms with Crippen LogP contribution in [-0.2, 0) is 6.42 Å². The zero-order valence-corrected chi connectivity index (χ0v) is 9.31. The van der Waals surface area contributed by atoms with E-state index in [1.54, 1.807) is 0 Å². The van der Waals surface area contributed by atoms with Gasteiger partial charge < -0.3 is 0 Å². The molecule has 72 valence electrons. The van der Waals surface area contributed by atoms with Crippen LogP contribution in [0.4, 0.5) is 0 Å². The maximum atomic E-state index is 4.57. The van der Waals surface area contributed by atoms with E-state index in [4.69, 9.17) is 0 Å². The Morgan fingerprint density at radius 1 is 1.31 bits per heavy atom. The van der Waals surface area contributed by atoms with E-state index in [-0.39, 0.29) is 0 Å². The molecule has 0 bridgehead atoms. The van der Waals surface area contributed by atoms with Crippen LogP contribution in [0.25, 0.3) is 0 Å². The maximum absolute atomic E-state index is 4.57. The second kappa shape index (κ2) is 3.91. The van der Waals surface area contributed by atoms with Gasteiger partial charge >= 0.3 is 0 Å². The van der Waals surface area contributed by atoms with Gasteiger partial charge in [-0.25, -0.2) is 0 Å². The van der Waals surface area contributed by atoms with Gasteiger partial charge in [0.05, 0.1) is 0 Å². The molecule has 0 saturated carbocycles. The first kappa shape index (κ1) is 10.2. The minimum atomic E-state index is 0.586. The summed E-state index contributed by atoms with van der Waals surface area (Å²) < 4.78 is 0. The monoisotopic (exact) mass is 177 g/mol. The van der Waals surface area contributed by atoms with Crippen LogP contribution in [0.5, 0.6) is 0 Å². The van der Waals surface area contributed by atoms with Crippen LogP contribution in [0.2, 0.25) is 0 Å². The molecule has 0 aliphatic heterocycles. The zero-order valence-electron chi connectivity index (χ0n) is 9.31. The fourth-order valence-corrected chi connectivity index (χ4v) is 1.98. The average Bonchev–Trinajstić information content (AvgIpc) is 2.01. The molecule has 13 heavy (non-hydrogen) atoms. The summed E-state index contributed by atoms with van der Waals surface area (Å²) in [6.45, 7) is 10.9. The molecule has 1 aromatic rings. The minimum absolute atomic E-state index is 0.586. The van der Waals surface area contributed by atoms with Gasteiger partial charge in [0.2, 0.25) is 0 Å². The molecule has 0 unspecified atom stereocenters. The molecular weight excluding hydrogens is 158 g/mol. The molecule has 1 aromatic heterocycles. The van der Waals surface area contributed by atoms with Crippen molar-refractivity contribution in [3.8, 4) is 0 Å². The maximum Gasteiger partial charge on any atom is 0.0441 e. The van der Waals surface area contributed by atoms with Crippen molar-refractivity contribution in [3.05, 3.63) is 28.6 Å². The molecule has 0 aliphatic rings. The highest BCUT2D eigenvalue weighted by atomic mass is 14.7. The van der Waals surface area contributed by atoms with E-state index in [0.717, 1.165) is 12.1 Å². The number of rotatable bonds is 2.